The smallest absolute Gasteiger partial charge is 0.330 e. The van der Waals surface area contributed by atoms with Crippen LogP contribution in [0.5, 0.6) is 5.75 Å². The van der Waals surface area contributed by atoms with Gasteiger partial charge in [0.25, 0.3) is 5.56 Å². The quantitative estimate of drug-likeness (QED) is 0.617. The molecule has 0 amide bonds. The van der Waals surface area contributed by atoms with Crippen molar-refractivity contribution in [3.63, 3.8) is 0 Å². The second kappa shape index (κ2) is 7.61. The highest BCUT2D eigenvalue weighted by atomic mass is 16.5. The van der Waals surface area contributed by atoms with Gasteiger partial charge in [0.1, 0.15) is 11.8 Å². The minimum atomic E-state index is -0.639. The van der Waals surface area contributed by atoms with Crippen LogP contribution in [0, 0.1) is 6.92 Å². The SMILES string of the molecule is CCOC(=O)C(C)n1nc(C)c2c(=O)n(Cc3ccc(OC)cc3)ncc21. The highest BCUT2D eigenvalue weighted by molar-refractivity contribution is 5.83. The summed E-state index contributed by atoms with van der Waals surface area (Å²) in [5.41, 5.74) is 1.75. The molecule has 2 aromatic heterocycles. The number of aryl methyl sites for hydroxylation is 1. The average Bonchev–Trinajstić information content (AvgIpc) is 3.01. The van der Waals surface area contributed by atoms with E-state index in [2.05, 4.69) is 10.2 Å². The lowest BCUT2D eigenvalue weighted by molar-refractivity contribution is -0.146. The second-order valence-electron chi connectivity index (χ2n) is 6.17. The molecular weight excluding hydrogens is 348 g/mol. The Morgan fingerprint density at radius 3 is 2.59 bits per heavy atom. The molecule has 0 saturated carbocycles. The number of hydrogen-bond donors (Lipinski definition) is 0. The molecule has 0 fully saturated rings. The lowest BCUT2D eigenvalue weighted by Crippen LogP contribution is -2.24. The number of methoxy groups -OCH3 is 1. The van der Waals surface area contributed by atoms with Crippen LogP contribution in [-0.2, 0) is 16.1 Å². The van der Waals surface area contributed by atoms with Crippen molar-refractivity contribution in [2.24, 2.45) is 0 Å². The van der Waals surface area contributed by atoms with Crippen molar-refractivity contribution in [1.82, 2.24) is 19.6 Å². The van der Waals surface area contributed by atoms with Crippen LogP contribution in [0.15, 0.2) is 35.3 Å². The molecule has 2 heterocycles. The van der Waals surface area contributed by atoms with Gasteiger partial charge in [0.05, 0.1) is 43.1 Å². The fourth-order valence-electron chi connectivity index (χ4n) is 2.93. The number of hydrogen-bond acceptors (Lipinski definition) is 6. The summed E-state index contributed by atoms with van der Waals surface area (Å²) in [6.45, 7) is 5.80. The molecule has 3 aromatic rings. The summed E-state index contributed by atoms with van der Waals surface area (Å²) in [5, 5.41) is 9.09. The fraction of sp³-hybridized carbons (Fsp3) is 0.368. The molecule has 0 saturated heterocycles. The third-order valence-electron chi connectivity index (χ3n) is 4.38. The molecule has 0 bridgehead atoms. The number of benzene rings is 1. The average molecular weight is 370 g/mol. The molecule has 1 unspecified atom stereocenters. The molecule has 1 atom stereocenters. The molecule has 0 aliphatic carbocycles. The van der Waals surface area contributed by atoms with Crippen molar-refractivity contribution in [1.29, 1.82) is 0 Å². The van der Waals surface area contributed by atoms with Crippen LogP contribution in [-0.4, -0.2) is 39.2 Å². The largest absolute Gasteiger partial charge is 0.497 e. The first-order valence-corrected chi connectivity index (χ1v) is 8.70. The van der Waals surface area contributed by atoms with Gasteiger partial charge < -0.3 is 9.47 Å². The monoisotopic (exact) mass is 370 g/mol. The minimum absolute atomic E-state index is 0.247. The molecule has 0 aliphatic rings. The summed E-state index contributed by atoms with van der Waals surface area (Å²) < 4.78 is 13.1. The van der Waals surface area contributed by atoms with Crippen molar-refractivity contribution in [3.05, 3.63) is 52.1 Å². The second-order valence-corrected chi connectivity index (χ2v) is 6.17. The molecule has 0 aliphatic heterocycles. The summed E-state index contributed by atoms with van der Waals surface area (Å²) in [7, 11) is 1.60. The number of rotatable bonds is 6. The maximum atomic E-state index is 12.9. The Morgan fingerprint density at radius 2 is 1.96 bits per heavy atom. The molecule has 3 rings (SSSR count). The normalized spacial score (nSPS) is 12.1. The molecule has 8 heteroatoms. The van der Waals surface area contributed by atoms with Gasteiger partial charge in [0, 0.05) is 0 Å². The van der Waals surface area contributed by atoms with Gasteiger partial charge in [-0.05, 0) is 38.5 Å². The number of carbonyl (C=O) groups is 1. The topological polar surface area (TPSA) is 88.2 Å². The molecule has 27 heavy (non-hydrogen) atoms. The van der Waals surface area contributed by atoms with Crippen LogP contribution in [0.4, 0.5) is 0 Å². The maximum Gasteiger partial charge on any atom is 0.330 e. The van der Waals surface area contributed by atoms with E-state index in [-0.39, 0.29) is 12.2 Å². The Hall–Kier alpha value is -3.16. The van der Waals surface area contributed by atoms with E-state index in [1.807, 2.05) is 24.3 Å². The van der Waals surface area contributed by atoms with E-state index in [4.69, 9.17) is 9.47 Å². The standard InChI is InChI=1S/C19H22N4O4/c1-5-27-19(25)13(3)23-16-10-20-22(18(24)17(16)12(2)21-23)11-14-6-8-15(26-4)9-7-14/h6-10,13H,5,11H2,1-4H3. The Morgan fingerprint density at radius 1 is 1.26 bits per heavy atom. The van der Waals surface area contributed by atoms with Gasteiger partial charge >= 0.3 is 5.97 Å². The number of nitrogens with zero attached hydrogens (tertiary/aromatic N) is 4. The van der Waals surface area contributed by atoms with E-state index in [9.17, 15) is 9.59 Å². The molecule has 8 nitrogen and oxygen atoms in total. The molecular formula is C19H22N4O4. The molecule has 0 spiro atoms. The molecule has 0 radical (unpaired) electrons. The summed E-state index contributed by atoms with van der Waals surface area (Å²) in [4.78, 5) is 25.0. The highest BCUT2D eigenvalue weighted by Crippen LogP contribution is 2.19. The summed E-state index contributed by atoms with van der Waals surface area (Å²) in [6.07, 6.45) is 1.57. The van der Waals surface area contributed by atoms with Crippen molar-refractivity contribution >= 4 is 16.9 Å². The van der Waals surface area contributed by atoms with Crippen molar-refractivity contribution in [3.8, 4) is 5.75 Å². The van der Waals surface area contributed by atoms with E-state index in [0.717, 1.165) is 11.3 Å². The van der Waals surface area contributed by atoms with Gasteiger partial charge in [-0.3, -0.25) is 4.79 Å². The van der Waals surface area contributed by atoms with E-state index in [0.29, 0.717) is 23.1 Å². The Kier molecular flexibility index (Phi) is 5.25. The van der Waals surface area contributed by atoms with E-state index in [1.165, 1.54) is 9.36 Å². The van der Waals surface area contributed by atoms with Crippen molar-refractivity contribution in [2.75, 3.05) is 13.7 Å². The van der Waals surface area contributed by atoms with Crippen LogP contribution < -0.4 is 10.3 Å². The van der Waals surface area contributed by atoms with E-state index in [1.54, 1.807) is 34.1 Å². The third kappa shape index (κ3) is 3.55. The number of carbonyl (C=O) groups excluding carboxylic acids is 1. The van der Waals surface area contributed by atoms with Gasteiger partial charge in [0.2, 0.25) is 0 Å². The van der Waals surface area contributed by atoms with Gasteiger partial charge in [-0.2, -0.15) is 10.2 Å². The van der Waals surface area contributed by atoms with Crippen LogP contribution in [0.2, 0.25) is 0 Å². The number of ether oxygens (including phenoxy) is 2. The van der Waals surface area contributed by atoms with Gasteiger partial charge in [-0.25, -0.2) is 14.2 Å². The van der Waals surface area contributed by atoms with Crippen molar-refractivity contribution in [2.45, 2.75) is 33.4 Å². The minimum Gasteiger partial charge on any atom is -0.497 e. The van der Waals surface area contributed by atoms with Crippen molar-refractivity contribution < 1.29 is 14.3 Å². The zero-order chi connectivity index (χ0) is 19.6. The van der Waals surface area contributed by atoms with Crippen LogP contribution in [0.3, 0.4) is 0 Å². The van der Waals surface area contributed by atoms with Crippen LogP contribution in [0.25, 0.3) is 10.9 Å². The Bertz CT molecular complexity index is 1020. The lowest BCUT2D eigenvalue weighted by Gasteiger charge is -2.12. The van der Waals surface area contributed by atoms with Gasteiger partial charge in [-0.15, -0.1) is 0 Å². The zero-order valence-electron chi connectivity index (χ0n) is 15.8. The first-order chi connectivity index (χ1) is 13.0. The number of esters is 1. The van der Waals surface area contributed by atoms with E-state index >= 15 is 0 Å². The summed E-state index contributed by atoms with van der Waals surface area (Å²) >= 11 is 0. The maximum absolute atomic E-state index is 12.9. The van der Waals surface area contributed by atoms with Gasteiger partial charge in [-0.1, -0.05) is 12.1 Å². The first-order valence-electron chi connectivity index (χ1n) is 8.70. The van der Waals surface area contributed by atoms with Crippen LogP contribution in [0.1, 0.15) is 31.1 Å². The van der Waals surface area contributed by atoms with Crippen LogP contribution >= 0.6 is 0 Å². The summed E-state index contributed by atoms with van der Waals surface area (Å²) in [6, 6.07) is 6.80. The van der Waals surface area contributed by atoms with E-state index < -0.39 is 12.0 Å². The molecule has 0 N–H and O–H groups in total. The number of aromatic nitrogens is 4. The number of fused-ring (bicyclic) bond motifs is 1. The lowest BCUT2D eigenvalue weighted by atomic mass is 10.2. The summed E-state index contributed by atoms with van der Waals surface area (Å²) in [5.74, 6) is 0.351. The fourth-order valence-corrected chi connectivity index (χ4v) is 2.93. The predicted molar refractivity (Wildman–Crippen MR) is 100.0 cm³/mol. The molecule has 1 aromatic carbocycles. The molecule has 142 valence electrons. The van der Waals surface area contributed by atoms with Gasteiger partial charge in [0.15, 0.2) is 0 Å². The predicted octanol–water partition coefficient (Wildman–Crippen LogP) is 2.08. The first kappa shape index (κ1) is 18.6. The zero-order valence-corrected chi connectivity index (χ0v) is 15.8. The Balaban J connectivity index is 1.98. The highest BCUT2D eigenvalue weighted by Gasteiger charge is 2.22. The third-order valence-corrected chi connectivity index (χ3v) is 4.38. The Labute approximate surface area is 156 Å².